The summed E-state index contributed by atoms with van der Waals surface area (Å²) in [7, 11) is 1.66. The fourth-order valence-corrected chi connectivity index (χ4v) is 4.90. The number of nitrogens with zero attached hydrogens (tertiary/aromatic N) is 3. The van der Waals surface area contributed by atoms with Crippen LogP contribution in [0.2, 0.25) is 5.02 Å². The second-order valence-corrected chi connectivity index (χ2v) is 9.20. The topological polar surface area (TPSA) is 61.2 Å². The lowest BCUT2D eigenvalue weighted by atomic mass is 9.84. The number of benzene rings is 3. The second kappa shape index (κ2) is 7.93. The van der Waals surface area contributed by atoms with Crippen LogP contribution in [0.4, 0.5) is 5.95 Å². The molecule has 0 spiro atoms. The van der Waals surface area contributed by atoms with Gasteiger partial charge in [0.05, 0.1) is 12.8 Å². The molecular weight excluding hydrogens is 504 g/mol. The minimum Gasteiger partial charge on any atom is -0.497 e. The molecule has 2 aliphatic heterocycles. The number of hydrogen-bond acceptors (Lipinski definition) is 5. The lowest BCUT2D eigenvalue weighted by Gasteiger charge is -2.39. The maximum Gasteiger partial charge on any atom is 0.226 e. The predicted molar refractivity (Wildman–Crippen MR) is 131 cm³/mol. The van der Waals surface area contributed by atoms with E-state index in [0.717, 1.165) is 43.9 Å². The molecular formula is C25H18BrClN4O2. The van der Waals surface area contributed by atoms with Gasteiger partial charge in [-0.1, -0.05) is 51.8 Å². The molecule has 33 heavy (non-hydrogen) atoms. The first-order valence-electron chi connectivity index (χ1n) is 10.4. The van der Waals surface area contributed by atoms with Gasteiger partial charge in [-0.15, -0.1) is 0 Å². The summed E-state index contributed by atoms with van der Waals surface area (Å²) in [5.74, 6) is 2.22. The van der Waals surface area contributed by atoms with Crippen LogP contribution in [0.15, 0.2) is 83.1 Å². The van der Waals surface area contributed by atoms with E-state index < -0.39 is 0 Å². The van der Waals surface area contributed by atoms with E-state index in [2.05, 4.69) is 55.6 Å². The third kappa shape index (κ3) is 3.39. The molecule has 2 aliphatic rings. The highest BCUT2D eigenvalue weighted by Gasteiger charge is 2.41. The van der Waals surface area contributed by atoms with E-state index in [-0.39, 0.29) is 12.1 Å². The van der Waals surface area contributed by atoms with Crippen molar-refractivity contribution in [3.63, 3.8) is 0 Å². The molecule has 0 radical (unpaired) electrons. The van der Waals surface area contributed by atoms with Gasteiger partial charge in [-0.2, -0.15) is 10.1 Å². The zero-order valence-electron chi connectivity index (χ0n) is 17.5. The highest BCUT2D eigenvalue weighted by molar-refractivity contribution is 9.10. The molecule has 3 heterocycles. The lowest BCUT2D eigenvalue weighted by Crippen LogP contribution is -2.32. The first-order valence-corrected chi connectivity index (χ1v) is 11.6. The van der Waals surface area contributed by atoms with Gasteiger partial charge in [0.25, 0.3) is 0 Å². The first kappa shape index (κ1) is 20.3. The summed E-state index contributed by atoms with van der Waals surface area (Å²) < 4.78 is 14.9. The Hall–Kier alpha value is -3.29. The van der Waals surface area contributed by atoms with Gasteiger partial charge in [0.15, 0.2) is 0 Å². The molecule has 6 rings (SSSR count). The van der Waals surface area contributed by atoms with Crippen LogP contribution in [-0.4, -0.2) is 21.9 Å². The third-order valence-corrected chi connectivity index (χ3v) is 6.74. The van der Waals surface area contributed by atoms with E-state index in [4.69, 9.17) is 21.1 Å². The summed E-state index contributed by atoms with van der Waals surface area (Å²) in [6.07, 6.45) is 1.23. The van der Waals surface area contributed by atoms with Crippen LogP contribution in [0, 0.1) is 0 Å². The van der Waals surface area contributed by atoms with Gasteiger partial charge in [-0.3, -0.25) is 0 Å². The molecule has 1 aromatic heterocycles. The average molecular weight is 522 g/mol. The molecule has 0 saturated heterocycles. The number of aromatic nitrogens is 3. The van der Waals surface area contributed by atoms with Crippen molar-refractivity contribution in [1.82, 2.24) is 14.8 Å². The molecule has 0 fully saturated rings. The number of nitrogens with one attached hydrogen (secondary N) is 1. The number of fused-ring (bicyclic) bond motifs is 3. The third-order valence-electron chi connectivity index (χ3n) is 5.98. The zero-order chi connectivity index (χ0) is 22.5. The minimum atomic E-state index is -0.335. The van der Waals surface area contributed by atoms with E-state index in [1.165, 1.54) is 0 Å². The Bertz CT molecular complexity index is 1380. The zero-order valence-corrected chi connectivity index (χ0v) is 19.8. The van der Waals surface area contributed by atoms with Crippen molar-refractivity contribution in [3.8, 4) is 11.5 Å². The SMILES string of the molecule is COc1ccc([C@H]2C3=C(Nc4ncnn42)c2cc(Cl)ccc2O[C@@H]3c2ccc(Br)cc2)cc1. The molecule has 4 aromatic rings. The first-order chi connectivity index (χ1) is 16.1. The number of halogens is 2. The highest BCUT2D eigenvalue weighted by atomic mass is 79.9. The van der Waals surface area contributed by atoms with E-state index >= 15 is 0 Å². The van der Waals surface area contributed by atoms with Gasteiger partial charge in [-0.05, 0) is 53.6 Å². The number of methoxy groups -OCH3 is 1. The maximum atomic E-state index is 6.61. The fraction of sp³-hybridized carbons (Fsp3) is 0.120. The Labute approximate surface area is 204 Å². The van der Waals surface area contributed by atoms with Crippen LogP contribution in [0.5, 0.6) is 11.5 Å². The molecule has 1 N–H and O–H groups in total. The van der Waals surface area contributed by atoms with Crippen LogP contribution >= 0.6 is 27.5 Å². The van der Waals surface area contributed by atoms with Crippen molar-refractivity contribution in [3.05, 3.63) is 105 Å². The molecule has 164 valence electrons. The van der Waals surface area contributed by atoms with Crippen LogP contribution < -0.4 is 14.8 Å². The molecule has 0 saturated carbocycles. The molecule has 2 atom stereocenters. The number of ether oxygens (including phenoxy) is 2. The van der Waals surface area contributed by atoms with E-state index in [1.54, 1.807) is 13.4 Å². The average Bonchev–Trinajstić information content (AvgIpc) is 3.31. The number of rotatable bonds is 3. The molecule has 6 nitrogen and oxygen atoms in total. The number of hydrogen-bond donors (Lipinski definition) is 1. The monoisotopic (exact) mass is 520 g/mol. The van der Waals surface area contributed by atoms with Crippen LogP contribution in [0.1, 0.15) is 28.8 Å². The Morgan fingerprint density at radius 2 is 1.79 bits per heavy atom. The van der Waals surface area contributed by atoms with Gasteiger partial charge < -0.3 is 14.8 Å². The van der Waals surface area contributed by atoms with E-state index in [0.29, 0.717) is 11.0 Å². The molecule has 0 amide bonds. The number of anilines is 1. The van der Waals surface area contributed by atoms with Crippen LogP contribution in [-0.2, 0) is 0 Å². The predicted octanol–water partition coefficient (Wildman–Crippen LogP) is 6.26. The van der Waals surface area contributed by atoms with Crippen molar-refractivity contribution in [2.45, 2.75) is 12.1 Å². The second-order valence-electron chi connectivity index (χ2n) is 7.85. The largest absolute Gasteiger partial charge is 0.497 e. The summed E-state index contributed by atoms with van der Waals surface area (Å²) in [5.41, 5.74) is 4.96. The van der Waals surface area contributed by atoms with Gasteiger partial charge in [0, 0.05) is 20.6 Å². The van der Waals surface area contributed by atoms with Gasteiger partial charge in [0.2, 0.25) is 5.95 Å². The van der Waals surface area contributed by atoms with Crippen molar-refractivity contribution in [1.29, 1.82) is 0 Å². The van der Waals surface area contributed by atoms with Crippen LogP contribution in [0.3, 0.4) is 0 Å². The highest BCUT2D eigenvalue weighted by Crippen LogP contribution is 2.51. The molecule has 0 unspecified atom stereocenters. The van der Waals surface area contributed by atoms with Crippen molar-refractivity contribution < 1.29 is 9.47 Å². The Balaban J connectivity index is 1.61. The summed E-state index contributed by atoms with van der Waals surface area (Å²) in [6.45, 7) is 0. The normalized spacial score (nSPS) is 18.5. The fourth-order valence-electron chi connectivity index (χ4n) is 4.46. The summed E-state index contributed by atoms with van der Waals surface area (Å²) >= 11 is 9.92. The van der Waals surface area contributed by atoms with Gasteiger partial charge in [0.1, 0.15) is 30.0 Å². The van der Waals surface area contributed by atoms with E-state index in [1.807, 2.05) is 47.1 Å². The molecule has 8 heteroatoms. The summed E-state index contributed by atoms with van der Waals surface area (Å²) in [5, 5.41) is 8.68. The van der Waals surface area contributed by atoms with E-state index in [9.17, 15) is 0 Å². The lowest BCUT2D eigenvalue weighted by molar-refractivity contribution is 0.223. The molecule has 3 aromatic carbocycles. The maximum absolute atomic E-state index is 6.61. The van der Waals surface area contributed by atoms with Gasteiger partial charge >= 0.3 is 0 Å². The van der Waals surface area contributed by atoms with Crippen molar-refractivity contribution in [2.75, 3.05) is 12.4 Å². The smallest absolute Gasteiger partial charge is 0.226 e. The quantitative estimate of drug-likeness (QED) is 0.345. The summed E-state index contributed by atoms with van der Waals surface area (Å²) in [6, 6.07) is 21.7. The Morgan fingerprint density at radius 1 is 1.03 bits per heavy atom. The molecule has 0 bridgehead atoms. The van der Waals surface area contributed by atoms with Crippen molar-refractivity contribution in [2.24, 2.45) is 0 Å². The Morgan fingerprint density at radius 3 is 2.55 bits per heavy atom. The summed E-state index contributed by atoms with van der Waals surface area (Å²) in [4.78, 5) is 4.46. The van der Waals surface area contributed by atoms with Crippen molar-refractivity contribution >= 4 is 39.2 Å². The van der Waals surface area contributed by atoms with Gasteiger partial charge in [-0.25, -0.2) is 4.68 Å². The van der Waals surface area contributed by atoms with Crippen LogP contribution in [0.25, 0.3) is 5.70 Å². The Kier molecular flexibility index (Phi) is 4.89. The minimum absolute atomic E-state index is 0.231. The molecule has 0 aliphatic carbocycles. The standard InChI is InChI=1S/C25H18BrClN4O2/c1-32-18-9-4-14(5-10-18)23-21-22(30-25-28-13-29-31(23)25)19-12-17(27)8-11-20(19)33-24(21)15-2-6-16(26)7-3-15/h2-13,23-24H,1H3,(H,28,29,30)/t23-,24+/m0/s1.